The third kappa shape index (κ3) is 3.40. The van der Waals surface area contributed by atoms with Crippen molar-refractivity contribution in [2.24, 2.45) is 7.05 Å². The topological polar surface area (TPSA) is 81.8 Å². The molecule has 1 N–H and O–H groups in total. The van der Waals surface area contributed by atoms with Gasteiger partial charge in [-0.3, -0.25) is 14.3 Å². The third-order valence-corrected chi connectivity index (χ3v) is 3.54. The zero-order valence-corrected chi connectivity index (χ0v) is 13.4. The molecule has 0 fully saturated rings. The van der Waals surface area contributed by atoms with Crippen LogP contribution in [0.4, 0.5) is 5.82 Å². The molecule has 3 aromatic rings. The molecule has 0 saturated carbocycles. The fourth-order valence-corrected chi connectivity index (χ4v) is 2.43. The molecule has 2 heterocycles. The fourth-order valence-electron chi connectivity index (χ4n) is 2.43. The smallest absolute Gasteiger partial charge is 0.263 e. The van der Waals surface area contributed by atoms with E-state index in [0.717, 1.165) is 11.1 Å². The van der Waals surface area contributed by atoms with Gasteiger partial charge < -0.3 is 9.88 Å². The van der Waals surface area contributed by atoms with Crippen molar-refractivity contribution in [3.63, 3.8) is 0 Å². The number of pyridine rings is 1. The van der Waals surface area contributed by atoms with E-state index in [1.54, 1.807) is 25.5 Å². The molecule has 1 aromatic carbocycles. The Morgan fingerprint density at radius 3 is 2.79 bits per heavy atom. The lowest BCUT2D eigenvalue weighted by Gasteiger charge is -2.08. The van der Waals surface area contributed by atoms with Crippen LogP contribution in [0.2, 0.25) is 0 Å². The maximum absolute atomic E-state index is 12.6. The molecule has 0 aliphatic carbocycles. The molecule has 0 aliphatic rings. The molecule has 0 aliphatic heterocycles. The first-order chi connectivity index (χ1) is 11.5. The minimum Gasteiger partial charge on any atom is -0.310 e. The molecular formula is C17H17N5O2. The van der Waals surface area contributed by atoms with Crippen molar-refractivity contribution >= 4 is 11.7 Å². The molecular weight excluding hydrogens is 306 g/mol. The Hall–Kier alpha value is -3.22. The van der Waals surface area contributed by atoms with Crippen molar-refractivity contribution in [2.45, 2.75) is 13.5 Å². The second-order valence-corrected chi connectivity index (χ2v) is 5.58. The summed E-state index contributed by atoms with van der Waals surface area (Å²) in [4.78, 5) is 24.9. The van der Waals surface area contributed by atoms with E-state index in [0.29, 0.717) is 12.4 Å². The van der Waals surface area contributed by atoms with Gasteiger partial charge >= 0.3 is 0 Å². The van der Waals surface area contributed by atoms with Gasteiger partial charge in [0.2, 0.25) is 0 Å². The van der Waals surface area contributed by atoms with Crippen molar-refractivity contribution in [3.05, 3.63) is 75.8 Å². The van der Waals surface area contributed by atoms with Crippen molar-refractivity contribution < 1.29 is 4.79 Å². The Bertz CT molecular complexity index is 942. The number of nitrogens with one attached hydrogen (secondary N) is 1. The van der Waals surface area contributed by atoms with Crippen LogP contribution in [0.1, 0.15) is 21.5 Å². The quantitative estimate of drug-likeness (QED) is 0.790. The lowest BCUT2D eigenvalue weighted by Crippen LogP contribution is -2.29. The largest absolute Gasteiger partial charge is 0.310 e. The highest BCUT2D eigenvalue weighted by atomic mass is 16.2. The van der Waals surface area contributed by atoms with Gasteiger partial charge in [0, 0.05) is 13.2 Å². The average Bonchev–Trinajstić information content (AvgIpc) is 2.94. The number of hydrogen-bond donors (Lipinski definition) is 1. The number of hydrogen-bond acceptors (Lipinski definition) is 4. The standard InChI is InChI=1S/C17H17N5O2/c1-12-5-3-6-13(9-12)10-22-8-4-7-14(17(22)24)16(23)18-15-11-21(2)20-19-15/h3-9,11H,10H2,1-2H3,(H,18,23). The van der Waals surface area contributed by atoms with Crippen molar-refractivity contribution in [1.82, 2.24) is 19.6 Å². The number of anilines is 1. The summed E-state index contributed by atoms with van der Waals surface area (Å²) < 4.78 is 2.98. The molecule has 7 heteroatoms. The number of benzene rings is 1. The van der Waals surface area contributed by atoms with Crippen LogP contribution in [0.25, 0.3) is 0 Å². The maximum Gasteiger partial charge on any atom is 0.263 e. The minimum absolute atomic E-state index is 0.0656. The van der Waals surface area contributed by atoms with Gasteiger partial charge in [0.05, 0.1) is 12.7 Å². The van der Waals surface area contributed by atoms with Crippen molar-refractivity contribution in [3.8, 4) is 0 Å². The van der Waals surface area contributed by atoms with Crippen LogP contribution in [0.3, 0.4) is 0 Å². The molecule has 7 nitrogen and oxygen atoms in total. The number of amides is 1. The fraction of sp³-hybridized carbons (Fsp3) is 0.176. The summed E-state index contributed by atoms with van der Waals surface area (Å²) in [6, 6.07) is 11.1. The predicted molar refractivity (Wildman–Crippen MR) is 89.9 cm³/mol. The monoisotopic (exact) mass is 323 g/mol. The van der Waals surface area contributed by atoms with Gasteiger partial charge in [-0.05, 0) is 24.6 Å². The Morgan fingerprint density at radius 2 is 2.08 bits per heavy atom. The lowest BCUT2D eigenvalue weighted by atomic mass is 10.1. The molecule has 0 bridgehead atoms. The molecule has 0 unspecified atom stereocenters. The SMILES string of the molecule is Cc1cccc(Cn2cccc(C(=O)Nc3cn(C)nn3)c2=O)c1. The molecule has 0 atom stereocenters. The number of rotatable bonds is 4. The summed E-state index contributed by atoms with van der Waals surface area (Å²) in [5, 5.41) is 10.1. The first-order valence-corrected chi connectivity index (χ1v) is 7.45. The molecule has 0 saturated heterocycles. The average molecular weight is 323 g/mol. The molecule has 2 aromatic heterocycles. The van der Waals surface area contributed by atoms with Gasteiger partial charge in [0.15, 0.2) is 5.82 Å². The highest BCUT2D eigenvalue weighted by molar-refractivity contribution is 6.03. The van der Waals surface area contributed by atoms with Gasteiger partial charge in [-0.2, -0.15) is 0 Å². The van der Waals surface area contributed by atoms with Crippen LogP contribution in [0.5, 0.6) is 0 Å². The third-order valence-electron chi connectivity index (χ3n) is 3.54. The molecule has 1 amide bonds. The first kappa shape index (κ1) is 15.7. The van der Waals surface area contributed by atoms with E-state index >= 15 is 0 Å². The molecule has 0 spiro atoms. The molecule has 3 rings (SSSR count). The summed E-state index contributed by atoms with van der Waals surface area (Å²) in [7, 11) is 1.69. The number of aromatic nitrogens is 4. The van der Waals surface area contributed by atoms with Crippen LogP contribution in [-0.2, 0) is 13.6 Å². The summed E-state index contributed by atoms with van der Waals surface area (Å²) in [6.45, 7) is 2.41. The van der Waals surface area contributed by atoms with Gasteiger partial charge in [0.1, 0.15) is 5.56 Å². The van der Waals surface area contributed by atoms with E-state index < -0.39 is 5.91 Å². The van der Waals surface area contributed by atoms with Crippen LogP contribution in [-0.4, -0.2) is 25.5 Å². The highest BCUT2D eigenvalue weighted by Gasteiger charge is 2.14. The van der Waals surface area contributed by atoms with Gasteiger partial charge in [-0.25, -0.2) is 0 Å². The number of aryl methyl sites for hydroxylation is 2. The number of nitrogens with zero attached hydrogens (tertiary/aromatic N) is 4. The zero-order chi connectivity index (χ0) is 17.1. The van der Waals surface area contributed by atoms with Crippen LogP contribution < -0.4 is 10.9 Å². The summed E-state index contributed by atoms with van der Waals surface area (Å²) in [5.41, 5.74) is 1.84. The van der Waals surface area contributed by atoms with E-state index in [1.165, 1.54) is 15.3 Å². The lowest BCUT2D eigenvalue weighted by molar-refractivity contribution is 0.102. The van der Waals surface area contributed by atoms with Gasteiger partial charge in [-0.15, -0.1) is 5.10 Å². The highest BCUT2D eigenvalue weighted by Crippen LogP contribution is 2.06. The molecule has 122 valence electrons. The van der Waals surface area contributed by atoms with Gasteiger partial charge in [0.25, 0.3) is 11.5 Å². The van der Waals surface area contributed by atoms with Crippen LogP contribution in [0.15, 0.2) is 53.6 Å². The van der Waals surface area contributed by atoms with E-state index in [9.17, 15) is 9.59 Å². The van der Waals surface area contributed by atoms with Crippen LogP contribution >= 0.6 is 0 Å². The Labute approximate surface area is 138 Å². The van der Waals surface area contributed by atoms with E-state index in [4.69, 9.17) is 0 Å². The second kappa shape index (κ2) is 6.49. The van der Waals surface area contributed by atoms with E-state index in [1.807, 2.05) is 31.2 Å². The predicted octanol–water partition coefficient (Wildman–Crippen LogP) is 1.59. The number of carbonyl (C=O) groups excluding carboxylic acids is 1. The Morgan fingerprint density at radius 1 is 1.25 bits per heavy atom. The maximum atomic E-state index is 12.6. The zero-order valence-electron chi connectivity index (χ0n) is 13.4. The summed E-state index contributed by atoms with van der Waals surface area (Å²) in [5.74, 6) is -0.199. The number of carbonyl (C=O) groups is 1. The van der Waals surface area contributed by atoms with E-state index in [2.05, 4.69) is 15.6 Å². The second-order valence-electron chi connectivity index (χ2n) is 5.58. The first-order valence-electron chi connectivity index (χ1n) is 7.45. The molecule has 24 heavy (non-hydrogen) atoms. The van der Waals surface area contributed by atoms with Crippen molar-refractivity contribution in [1.29, 1.82) is 0 Å². The van der Waals surface area contributed by atoms with Gasteiger partial charge in [-0.1, -0.05) is 35.0 Å². The molecule has 0 radical (unpaired) electrons. The summed E-state index contributed by atoms with van der Waals surface area (Å²) in [6.07, 6.45) is 3.23. The normalized spacial score (nSPS) is 10.6. The van der Waals surface area contributed by atoms with E-state index in [-0.39, 0.29) is 11.1 Å². The Kier molecular flexibility index (Phi) is 4.24. The Balaban J connectivity index is 1.85. The van der Waals surface area contributed by atoms with Crippen molar-refractivity contribution in [2.75, 3.05) is 5.32 Å². The summed E-state index contributed by atoms with van der Waals surface area (Å²) >= 11 is 0. The minimum atomic E-state index is -0.501. The van der Waals surface area contributed by atoms with Crippen LogP contribution in [0, 0.1) is 6.92 Å².